The fourth-order valence-electron chi connectivity index (χ4n) is 1.28. The molecule has 0 aliphatic heterocycles. The summed E-state index contributed by atoms with van der Waals surface area (Å²) >= 11 is 5.46. The van der Waals surface area contributed by atoms with Gasteiger partial charge in [0, 0.05) is 19.7 Å². The van der Waals surface area contributed by atoms with Crippen molar-refractivity contribution in [3.8, 4) is 0 Å². The number of thiol groups is 1. The molecule has 1 amide bonds. The molecule has 5 N–H and O–H groups in total. The van der Waals surface area contributed by atoms with Gasteiger partial charge in [-0.1, -0.05) is 0 Å². The van der Waals surface area contributed by atoms with E-state index in [1.165, 1.54) is 11.8 Å². The number of aliphatic hydroxyl groups is 1. The summed E-state index contributed by atoms with van der Waals surface area (Å²) < 4.78 is 4.87. The van der Waals surface area contributed by atoms with E-state index in [4.69, 9.17) is 10.5 Å². The van der Waals surface area contributed by atoms with Crippen molar-refractivity contribution in [2.75, 3.05) is 25.4 Å². The Balaban J connectivity index is 4.07. The lowest BCUT2D eigenvalue weighted by Gasteiger charge is -2.32. The Morgan fingerprint density at radius 3 is 2.74 bits per heavy atom. The fraction of sp³-hybridized carbons (Fsp3) is 0.909. The van der Waals surface area contributed by atoms with Crippen LogP contribution in [0.25, 0.3) is 0 Å². The molecule has 0 aliphatic rings. The first-order valence-corrected chi connectivity index (χ1v) is 7.73. The second kappa shape index (κ2) is 9.84. The van der Waals surface area contributed by atoms with Gasteiger partial charge in [0.25, 0.3) is 0 Å². The van der Waals surface area contributed by atoms with E-state index in [0.717, 1.165) is 0 Å². The molecule has 114 valence electrons. The van der Waals surface area contributed by atoms with Crippen LogP contribution in [-0.2, 0) is 9.53 Å². The number of hydrogen-bond donors (Lipinski definition) is 5. The van der Waals surface area contributed by atoms with E-state index in [1.54, 1.807) is 13.8 Å². The van der Waals surface area contributed by atoms with Gasteiger partial charge in [0.1, 0.15) is 11.0 Å². The first kappa shape index (κ1) is 19.0. The van der Waals surface area contributed by atoms with Crippen LogP contribution in [0.2, 0.25) is 0 Å². The third-order valence-electron chi connectivity index (χ3n) is 2.29. The monoisotopic (exact) mass is 311 g/mol. The average molecular weight is 311 g/mol. The number of rotatable bonds is 10. The van der Waals surface area contributed by atoms with Gasteiger partial charge in [-0.2, -0.15) is 0 Å². The molecule has 2 unspecified atom stereocenters. The Labute approximate surface area is 124 Å². The minimum atomic E-state index is -0.858. The topological polar surface area (TPSA) is 96.6 Å². The van der Waals surface area contributed by atoms with E-state index in [1.807, 2.05) is 6.92 Å². The Morgan fingerprint density at radius 2 is 2.21 bits per heavy atom. The number of thioether (sulfide) groups is 1. The van der Waals surface area contributed by atoms with Gasteiger partial charge >= 0.3 is 0 Å². The van der Waals surface area contributed by atoms with E-state index in [2.05, 4.69) is 23.3 Å². The average Bonchev–Trinajstić information content (AvgIpc) is 2.33. The van der Waals surface area contributed by atoms with Crippen LogP contribution >= 0.6 is 24.4 Å². The smallest absolute Gasteiger partial charge is 0.230 e. The third-order valence-corrected chi connectivity index (χ3v) is 3.74. The molecule has 8 heteroatoms. The highest BCUT2D eigenvalue weighted by atomic mass is 32.2. The minimum Gasteiger partial charge on any atom is -0.376 e. The third kappa shape index (κ3) is 8.72. The first-order chi connectivity index (χ1) is 8.83. The molecule has 6 nitrogen and oxygen atoms in total. The highest BCUT2D eigenvalue weighted by molar-refractivity contribution is 8.10. The molecular formula is C11H25N3O3S2. The molecule has 0 saturated heterocycles. The molecule has 0 heterocycles. The van der Waals surface area contributed by atoms with Gasteiger partial charge in [-0.15, -0.1) is 24.4 Å². The van der Waals surface area contributed by atoms with Gasteiger partial charge in [0.2, 0.25) is 5.91 Å². The van der Waals surface area contributed by atoms with Crippen LogP contribution in [0, 0.1) is 0 Å². The first-order valence-electron chi connectivity index (χ1n) is 6.17. The van der Waals surface area contributed by atoms with Crippen molar-refractivity contribution >= 4 is 30.3 Å². The molecule has 0 rings (SSSR count). The predicted molar refractivity (Wildman–Crippen MR) is 82.1 cm³/mol. The van der Waals surface area contributed by atoms with Gasteiger partial charge in [-0.25, -0.2) is 0 Å². The highest BCUT2D eigenvalue weighted by Gasteiger charge is 2.29. The minimum absolute atomic E-state index is 0.178. The summed E-state index contributed by atoms with van der Waals surface area (Å²) in [7, 11) is 0. The standard InChI is InChI=1S/C11H25N3O3S2/c1-4-17-10(18)19-7-8(15)14-11(2,3)9(16)13-6-5-12/h9-10,13,16,18H,4-7,12H2,1-3H3,(H,14,15). The van der Waals surface area contributed by atoms with Crippen molar-refractivity contribution < 1.29 is 14.6 Å². The van der Waals surface area contributed by atoms with Crippen molar-refractivity contribution in [2.24, 2.45) is 5.73 Å². The van der Waals surface area contributed by atoms with E-state index in [9.17, 15) is 9.90 Å². The van der Waals surface area contributed by atoms with E-state index >= 15 is 0 Å². The van der Waals surface area contributed by atoms with Crippen molar-refractivity contribution in [1.82, 2.24) is 10.6 Å². The van der Waals surface area contributed by atoms with Crippen LogP contribution in [0.3, 0.4) is 0 Å². The Kier molecular flexibility index (Phi) is 9.85. The van der Waals surface area contributed by atoms with Crippen molar-refractivity contribution in [3.63, 3.8) is 0 Å². The lowest BCUT2D eigenvalue weighted by molar-refractivity contribution is -0.121. The molecular weight excluding hydrogens is 286 g/mol. The lowest BCUT2D eigenvalue weighted by atomic mass is 10.0. The van der Waals surface area contributed by atoms with Crippen molar-refractivity contribution in [2.45, 2.75) is 37.3 Å². The van der Waals surface area contributed by atoms with E-state index in [-0.39, 0.29) is 16.4 Å². The molecule has 0 fully saturated rings. The van der Waals surface area contributed by atoms with Gasteiger partial charge < -0.3 is 20.9 Å². The maximum Gasteiger partial charge on any atom is 0.230 e. The number of hydrogen-bond acceptors (Lipinski definition) is 7. The zero-order valence-electron chi connectivity index (χ0n) is 11.7. The molecule has 0 aromatic rings. The number of ether oxygens (including phenoxy) is 1. The summed E-state index contributed by atoms with van der Waals surface area (Å²) in [6.07, 6.45) is -0.858. The highest BCUT2D eigenvalue weighted by Crippen LogP contribution is 2.16. The number of aliphatic hydroxyl groups excluding tert-OH is 1. The molecule has 2 atom stereocenters. The van der Waals surface area contributed by atoms with Gasteiger partial charge in [0.05, 0.1) is 11.3 Å². The number of nitrogens with one attached hydrogen (secondary N) is 2. The molecule has 0 aliphatic carbocycles. The van der Waals surface area contributed by atoms with Gasteiger partial charge in [-0.05, 0) is 20.8 Å². The predicted octanol–water partition coefficient (Wildman–Crippen LogP) is -0.269. The van der Waals surface area contributed by atoms with E-state index < -0.39 is 11.8 Å². The zero-order valence-corrected chi connectivity index (χ0v) is 13.4. The maximum absolute atomic E-state index is 11.8. The second-order valence-corrected chi connectivity index (χ2v) is 6.36. The number of carbonyl (C=O) groups is 1. The van der Waals surface area contributed by atoms with Gasteiger partial charge in [-0.3, -0.25) is 10.1 Å². The van der Waals surface area contributed by atoms with Crippen LogP contribution in [0.4, 0.5) is 0 Å². The van der Waals surface area contributed by atoms with Crippen LogP contribution in [-0.4, -0.2) is 53.0 Å². The molecule has 0 aromatic heterocycles. The van der Waals surface area contributed by atoms with Crippen LogP contribution in [0.15, 0.2) is 0 Å². The zero-order chi connectivity index (χ0) is 14.9. The molecule has 0 saturated carbocycles. The molecule has 0 aromatic carbocycles. The van der Waals surface area contributed by atoms with E-state index in [0.29, 0.717) is 19.7 Å². The summed E-state index contributed by atoms with van der Waals surface area (Å²) in [6.45, 7) is 6.81. The van der Waals surface area contributed by atoms with Crippen LogP contribution in [0.5, 0.6) is 0 Å². The largest absolute Gasteiger partial charge is 0.376 e. The molecule has 0 spiro atoms. The molecule has 0 bridgehead atoms. The SMILES string of the molecule is CCOC(S)SCC(=O)NC(C)(C)C(O)NCCN. The summed E-state index contributed by atoms with van der Waals surface area (Å²) in [4.78, 5) is 11.8. The van der Waals surface area contributed by atoms with Gasteiger partial charge in [0.15, 0.2) is 0 Å². The van der Waals surface area contributed by atoms with Crippen molar-refractivity contribution in [3.05, 3.63) is 0 Å². The normalized spacial score (nSPS) is 15.1. The number of amides is 1. The summed E-state index contributed by atoms with van der Waals surface area (Å²) in [5, 5.41) is 15.5. The second-order valence-electron chi connectivity index (χ2n) is 4.49. The number of nitrogens with two attached hydrogens (primary N) is 1. The lowest BCUT2D eigenvalue weighted by Crippen LogP contribution is -2.58. The number of carbonyl (C=O) groups excluding carboxylic acids is 1. The molecule has 19 heavy (non-hydrogen) atoms. The summed E-state index contributed by atoms with van der Waals surface area (Å²) in [6, 6.07) is 0. The quantitative estimate of drug-likeness (QED) is 0.282. The fourth-order valence-corrected chi connectivity index (χ4v) is 2.25. The summed E-state index contributed by atoms with van der Waals surface area (Å²) in [5.74, 6) is 0.0450. The maximum atomic E-state index is 11.8. The Bertz CT molecular complexity index is 268. The van der Waals surface area contributed by atoms with Crippen molar-refractivity contribution in [1.29, 1.82) is 0 Å². The Hall–Kier alpha value is 0.01000. The van der Waals surface area contributed by atoms with Crippen LogP contribution < -0.4 is 16.4 Å². The molecule has 0 radical (unpaired) electrons. The summed E-state index contributed by atoms with van der Waals surface area (Å²) in [5.41, 5.74) is 4.57. The Morgan fingerprint density at radius 1 is 1.58 bits per heavy atom. The van der Waals surface area contributed by atoms with Crippen LogP contribution in [0.1, 0.15) is 20.8 Å².